The van der Waals surface area contributed by atoms with Crippen LogP contribution < -0.4 is 9.62 Å². The molecule has 1 amide bonds. The van der Waals surface area contributed by atoms with E-state index >= 15 is 0 Å². The summed E-state index contributed by atoms with van der Waals surface area (Å²) in [6.07, 6.45) is 1.02. The van der Waals surface area contributed by atoms with Gasteiger partial charge >= 0.3 is 0 Å². The van der Waals surface area contributed by atoms with Crippen LogP contribution in [0.5, 0.6) is 0 Å². The van der Waals surface area contributed by atoms with E-state index in [-0.39, 0.29) is 0 Å². The zero-order chi connectivity index (χ0) is 18.8. The molecule has 0 heterocycles. The number of nitrogens with zero attached hydrogens (tertiary/aromatic N) is 1. The Morgan fingerprint density at radius 2 is 1.80 bits per heavy atom. The number of nitrogens with one attached hydrogen (secondary N) is 1. The van der Waals surface area contributed by atoms with Crippen LogP contribution in [0.2, 0.25) is 15.1 Å². The molecule has 0 saturated heterocycles. The lowest BCUT2D eigenvalue weighted by Crippen LogP contribution is -2.37. The first-order chi connectivity index (χ1) is 11.6. The Morgan fingerprint density at radius 1 is 1.12 bits per heavy atom. The molecule has 1 N–H and O–H groups in total. The minimum atomic E-state index is -3.71. The first-order valence-electron chi connectivity index (χ1n) is 7.07. The Hall–Kier alpha value is -1.47. The first-order valence-corrected chi connectivity index (χ1v) is 10.1. The molecule has 5 nitrogen and oxygen atoms in total. The lowest BCUT2D eigenvalue weighted by atomic mass is 10.2. The summed E-state index contributed by atoms with van der Waals surface area (Å²) in [4.78, 5) is 12.4. The number of sulfonamides is 1. The molecular formula is C16H15Cl3N2O3S. The number of hydrogen-bond acceptors (Lipinski definition) is 3. The van der Waals surface area contributed by atoms with E-state index in [9.17, 15) is 13.2 Å². The van der Waals surface area contributed by atoms with Crippen molar-refractivity contribution in [2.75, 3.05) is 22.4 Å². The van der Waals surface area contributed by atoms with Crippen LogP contribution in [-0.4, -0.2) is 27.1 Å². The SMILES string of the molecule is Cc1c(Cl)cccc1N(CC(=O)Nc1cc(Cl)ccc1Cl)S(C)(=O)=O. The molecule has 0 radical (unpaired) electrons. The van der Waals surface area contributed by atoms with Crippen LogP contribution in [0.4, 0.5) is 11.4 Å². The molecule has 2 aromatic rings. The maximum Gasteiger partial charge on any atom is 0.245 e. The molecule has 0 aliphatic carbocycles. The van der Waals surface area contributed by atoms with Gasteiger partial charge in [-0.3, -0.25) is 9.10 Å². The molecule has 0 unspecified atom stereocenters. The minimum Gasteiger partial charge on any atom is -0.323 e. The molecule has 134 valence electrons. The van der Waals surface area contributed by atoms with Crippen molar-refractivity contribution < 1.29 is 13.2 Å². The fourth-order valence-electron chi connectivity index (χ4n) is 2.16. The topological polar surface area (TPSA) is 66.5 Å². The largest absolute Gasteiger partial charge is 0.323 e. The fraction of sp³-hybridized carbons (Fsp3) is 0.188. The lowest BCUT2D eigenvalue weighted by Gasteiger charge is -2.24. The molecule has 0 saturated carbocycles. The predicted molar refractivity (Wildman–Crippen MR) is 103 cm³/mol. The van der Waals surface area contributed by atoms with Crippen LogP contribution in [0.3, 0.4) is 0 Å². The maximum absolute atomic E-state index is 12.4. The van der Waals surface area contributed by atoms with Gasteiger partial charge in [0.25, 0.3) is 0 Å². The molecule has 0 spiro atoms. The fourth-order valence-corrected chi connectivity index (χ4v) is 3.57. The van der Waals surface area contributed by atoms with E-state index in [0.29, 0.717) is 32.0 Å². The molecule has 25 heavy (non-hydrogen) atoms. The van der Waals surface area contributed by atoms with Crippen molar-refractivity contribution in [1.29, 1.82) is 0 Å². The normalized spacial score (nSPS) is 11.2. The Kier molecular flexibility index (Phi) is 6.21. The van der Waals surface area contributed by atoms with E-state index in [2.05, 4.69) is 5.32 Å². The van der Waals surface area contributed by atoms with Crippen molar-refractivity contribution >= 4 is 62.1 Å². The second-order valence-corrected chi connectivity index (χ2v) is 8.48. The first kappa shape index (κ1) is 19.8. The summed E-state index contributed by atoms with van der Waals surface area (Å²) in [5.41, 5.74) is 1.20. The van der Waals surface area contributed by atoms with Crippen molar-refractivity contribution in [2.24, 2.45) is 0 Å². The number of amides is 1. The minimum absolute atomic E-state index is 0.294. The summed E-state index contributed by atoms with van der Waals surface area (Å²) in [5.74, 6) is -0.561. The van der Waals surface area contributed by atoms with Crippen LogP contribution in [0.15, 0.2) is 36.4 Å². The van der Waals surface area contributed by atoms with Crippen molar-refractivity contribution in [3.8, 4) is 0 Å². The van der Waals surface area contributed by atoms with Crippen molar-refractivity contribution in [3.05, 3.63) is 57.0 Å². The van der Waals surface area contributed by atoms with Gasteiger partial charge in [-0.2, -0.15) is 0 Å². The van der Waals surface area contributed by atoms with Crippen LogP contribution in [-0.2, 0) is 14.8 Å². The third-order valence-electron chi connectivity index (χ3n) is 3.40. The smallest absolute Gasteiger partial charge is 0.245 e. The number of carbonyl (C=O) groups is 1. The summed E-state index contributed by atoms with van der Waals surface area (Å²) < 4.78 is 25.3. The molecule has 2 rings (SSSR count). The monoisotopic (exact) mass is 420 g/mol. The molecule has 0 aliphatic heterocycles. The molecule has 2 aromatic carbocycles. The third kappa shape index (κ3) is 5.01. The van der Waals surface area contributed by atoms with Crippen LogP contribution in [0.1, 0.15) is 5.56 Å². The summed E-state index contributed by atoms with van der Waals surface area (Å²) in [6, 6.07) is 9.45. The standard InChI is InChI=1S/C16H15Cl3N2O3S/c1-10-12(18)4-3-5-15(10)21(25(2,23)24)9-16(22)20-14-8-11(17)6-7-13(14)19/h3-8H,9H2,1-2H3,(H,20,22). The van der Waals surface area contributed by atoms with E-state index in [4.69, 9.17) is 34.8 Å². The quantitative estimate of drug-likeness (QED) is 0.780. The highest BCUT2D eigenvalue weighted by molar-refractivity contribution is 7.92. The number of halogens is 3. The van der Waals surface area contributed by atoms with E-state index in [1.54, 1.807) is 31.2 Å². The van der Waals surface area contributed by atoms with E-state index in [0.717, 1.165) is 10.6 Å². The average Bonchev–Trinajstić information content (AvgIpc) is 2.51. The van der Waals surface area contributed by atoms with E-state index in [1.165, 1.54) is 12.1 Å². The Bertz CT molecular complexity index is 917. The number of carbonyl (C=O) groups excluding carboxylic acids is 1. The van der Waals surface area contributed by atoms with Gasteiger partial charge in [-0.15, -0.1) is 0 Å². The molecule has 0 aliphatic rings. The second-order valence-electron chi connectivity index (χ2n) is 5.33. The van der Waals surface area contributed by atoms with Gasteiger partial charge in [0.2, 0.25) is 15.9 Å². The highest BCUT2D eigenvalue weighted by atomic mass is 35.5. The third-order valence-corrected chi connectivity index (χ3v) is 5.50. The summed E-state index contributed by atoms with van der Waals surface area (Å²) >= 11 is 17.9. The summed E-state index contributed by atoms with van der Waals surface area (Å²) in [5, 5.41) is 3.66. The molecule has 9 heteroatoms. The lowest BCUT2D eigenvalue weighted by molar-refractivity contribution is -0.114. The predicted octanol–water partition coefficient (Wildman–Crippen LogP) is 4.36. The van der Waals surface area contributed by atoms with Crippen molar-refractivity contribution in [1.82, 2.24) is 0 Å². The average molecular weight is 422 g/mol. The van der Waals surface area contributed by atoms with Crippen LogP contribution >= 0.6 is 34.8 Å². The van der Waals surface area contributed by atoms with Gasteiger partial charge in [-0.05, 0) is 42.8 Å². The van der Waals surface area contributed by atoms with Gasteiger partial charge in [-0.1, -0.05) is 40.9 Å². The zero-order valence-electron chi connectivity index (χ0n) is 13.4. The zero-order valence-corrected chi connectivity index (χ0v) is 16.5. The van der Waals surface area contributed by atoms with Gasteiger partial charge in [0.1, 0.15) is 6.54 Å². The molecule has 0 atom stereocenters. The summed E-state index contributed by atoms with van der Waals surface area (Å²) in [7, 11) is -3.71. The highest BCUT2D eigenvalue weighted by Crippen LogP contribution is 2.29. The number of benzene rings is 2. The highest BCUT2D eigenvalue weighted by Gasteiger charge is 2.23. The molecule has 0 fully saturated rings. The van der Waals surface area contributed by atoms with Crippen LogP contribution in [0, 0.1) is 6.92 Å². The van der Waals surface area contributed by atoms with Gasteiger partial charge in [-0.25, -0.2) is 8.42 Å². The van der Waals surface area contributed by atoms with Crippen LogP contribution in [0.25, 0.3) is 0 Å². The molecular weight excluding hydrogens is 407 g/mol. The Morgan fingerprint density at radius 3 is 2.44 bits per heavy atom. The van der Waals surface area contributed by atoms with E-state index < -0.39 is 22.5 Å². The Balaban J connectivity index is 2.30. The summed E-state index contributed by atoms with van der Waals surface area (Å²) in [6.45, 7) is 1.25. The number of anilines is 2. The van der Waals surface area contributed by atoms with Gasteiger partial charge in [0.05, 0.1) is 22.7 Å². The van der Waals surface area contributed by atoms with E-state index in [1.807, 2.05) is 0 Å². The molecule has 0 aromatic heterocycles. The van der Waals surface area contributed by atoms with Gasteiger partial charge in [0, 0.05) is 10.0 Å². The maximum atomic E-state index is 12.4. The van der Waals surface area contributed by atoms with Gasteiger partial charge in [0.15, 0.2) is 0 Å². The number of hydrogen-bond donors (Lipinski definition) is 1. The van der Waals surface area contributed by atoms with Crippen molar-refractivity contribution in [3.63, 3.8) is 0 Å². The Labute approximate surface area is 161 Å². The van der Waals surface area contributed by atoms with Gasteiger partial charge < -0.3 is 5.32 Å². The molecule has 0 bridgehead atoms. The van der Waals surface area contributed by atoms with Crippen molar-refractivity contribution in [2.45, 2.75) is 6.92 Å². The number of rotatable bonds is 5. The second kappa shape index (κ2) is 7.83.